The van der Waals surface area contributed by atoms with Crippen molar-refractivity contribution in [2.24, 2.45) is 0 Å². The highest BCUT2D eigenvalue weighted by molar-refractivity contribution is 5.93. The van der Waals surface area contributed by atoms with E-state index in [9.17, 15) is 4.79 Å². The van der Waals surface area contributed by atoms with Crippen molar-refractivity contribution in [1.29, 1.82) is 0 Å². The van der Waals surface area contributed by atoms with Gasteiger partial charge in [-0.1, -0.05) is 12.1 Å². The third-order valence-corrected chi connectivity index (χ3v) is 3.33. The molecule has 0 saturated carbocycles. The molecule has 4 nitrogen and oxygen atoms in total. The summed E-state index contributed by atoms with van der Waals surface area (Å²) in [6, 6.07) is 8.06. The maximum atomic E-state index is 11.7. The Morgan fingerprint density at radius 1 is 1.29 bits per heavy atom. The molecule has 0 aliphatic heterocycles. The Balaban J connectivity index is 2.13. The normalized spacial score (nSPS) is 11.0. The predicted molar refractivity (Wildman–Crippen MR) is 84.6 cm³/mol. The number of carbonyl (C=O) groups excluding carboxylic acids is 1. The summed E-state index contributed by atoms with van der Waals surface area (Å²) in [6.07, 6.45) is 3.75. The second-order valence-electron chi connectivity index (χ2n) is 5.38. The summed E-state index contributed by atoms with van der Waals surface area (Å²) in [7, 11) is 4.16. The highest BCUT2D eigenvalue weighted by Gasteiger charge is 2.08. The fourth-order valence-corrected chi connectivity index (χ4v) is 2.25. The van der Waals surface area contributed by atoms with Crippen LogP contribution in [0, 0.1) is 0 Å². The molecule has 0 saturated heterocycles. The number of ether oxygens (including phenoxy) is 1. The molecule has 0 aliphatic rings. The van der Waals surface area contributed by atoms with Crippen molar-refractivity contribution in [2.45, 2.75) is 19.8 Å². The van der Waals surface area contributed by atoms with Gasteiger partial charge < -0.3 is 9.64 Å². The van der Waals surface area contributed by atoms with Crippen molar-refractivity contribution in [3.05, 3.63) is 41.6 Å². The van der Waals surface area contributed by atoms with Gasteiger partial charge in [0.15, 0.2) is 0 Å². The summed E-state index contributed by atoms with van der Waals surface area (Å²) in [5.74, 6) is -0.318. The summed E-state index contributed by atoms with van der Waals surface area (Å²) in [6.45, 7) is 3.25. The van der Waals surface area contributed by atoms with Crippen LogP contribution in [0.3, 0.4) is 0 Å². The number of nitrogens with zero attached hydrogens (tertiary/aromatic N) is 2. The van der Waals surface area contributed by atoms with Crippen LogP contribution in [0.1, 0.15) is 29.3 Å². The number of fused-ring (bicyclic) bond motifs is 1. The molecule has 1 aromatic carbocycles. The van der Waals surface area contributed by atoms with Gasteiger partial charge in [0.1, 0.15) is 0 Å². The Morgan fingerprint density at radius 2 is 2.10 bits per heavy atom. The number of carbonyl (C=O) groups is 1. The Bertz CT molecular complexity index is 623. The third-order valence-electron chi connectivity index (χ3n) is 3.33. The lowest BCUT2D eigenvalue weighted by Crippen LogP contribution is -2.13. The molecule has 0 spiro atoms. The van der Waals surface area contributed by atoms with Gasteiger partial charge in [-0.3, -0.25) is 4.98 Å². The van der Waals surface area contributed by atoms with E-state index in [2.05, 4.69) is 36.1 Å². The number of aromatic nitrogens is 1. The molecule has 0 aliphatic carbocycles. The molecule has 0 atom stereocenters. The molecule has 0 fully saturated rings. The van der Waals surface area contributed by atoms with Crippen LogP contribution in [0.15, 0.2) is 30.5 Å². The van der Waals surface area contributed by atoms with Crippen LogP contribution >= 0.6 is 0 Å². The Kier molecular flexibility index (Phi) is 5.28. The lowest BCUT2D eigenvalue weighted by atomic mass is 10.1. The van der Waals surface area contributed by atoms with Gasteiger partial charge in [-0.15, -0.1) is 0 Å². The first-order chi connectivity index (χ1) is 10.1. The number of hydrogen-bond donors (Lipinski definition) is 0. The van der Waals surface area contributed by atoms with Crippen molar-refractivity contribution < 1.29 is 9.53 Å². The van der Waals surface area contributed by atoms with E-state index in [0.717, 1.165) is 30.3 Å². The van der Waals surface area contributed by atoms with Crippen molar-refractivity contribution in [2.75, 3.05) is 27.2 Å². The topological polar surface area (TPSA) is 42.4 Å². The predicted octanol–water partition coefficient (Wildman–Crippen LogP) is 2.91. The highest BCUT2D eigenvalue weighted by Crippen LogP contribution is 2.17. The van der Waals surface area contributed by atoms with Crippen LogP contribution in [0.5, 0.6) is 0 Å². The van der Waals surface area contributed by atoms with E-state index in [-0.39, 0.29) is 5.97 Å². The second kappa shape index (κ2) is 7.18. The van der Waals surface area contributed by atoms with Crippen molar-refractivity contribution in [3.63, 3.8) is 0 Å². The number of benzene rings is 1. The Labute approximate surface area is 125 Å². The SMILES string of the molecule is CCOC(=O)c1cnc2cc(CCCN(C)C)ccc2c1. The lowest BCUT2D eigenvalue weighted by Gasteiger charge is -2.09. The molecule has 0 bridgehead atoms. The maximum Gasteiger partial charge on any atom is 0.339 e. The molecule has 1 aromatic heterocycles. The minimum absolute atomic E-state index is 0.318. The van der Waals surface area contributed by atoms with Crippen LogP contribution in [-0.4, -0.2) is 43.1 Å². The van der Waals surface area contributed by atoms with Crippen LogP contribution in [0.2, 0.25) is 0 Å². The summed E-state index contributed by atoms with van der Waals surface area (Å²) in [5.41, 5.74) is 2.70. The Hall–Kier alpha value is -1.94. The molecule has 2 rings (SSSR count). The van der Waals surface area contributed by atoms with Crippen molar-refractivity contribution in [3.8, 4) is 0 Å². The van der Waals surface area contributed by atoms with Gasteiger partial charge in [0.05, 0.1) is 17.7 Å². The molecule has 1 heterocycles. The minimum atomic E-state index is -0.318. The first-order valence-electron chi connectivity index (χ1n) is 7.30. The average molecular weight is 286 g/mol. The number of pyridine rings is 1. The third kappa shape index (κ3) is 4.26. The van der Waals surface area contributed by atoms with E-state index >= 15 is 0 Å². The summed E-state index contributed by atoms with van der Waals surface area (Å²) < 4.78 is 4.99. The van der Waals surface area contributed by atoms with Gasteiger partial charge in [-0.2, -0.15) is 0 Å². The fourth-order valence-electron chi connectivity index (χ4n) is 2.25. The monoisotopic (exact) mass is 286 g/mol. The van der Waals surface area contributed by atoms with E-state index in [4.69, 9.17) is 4.74 Å². The lowest BCUT2D eigenvalue weighted by molar-refractivity contribution is 0.0526. The van der Waals surface area contributed by atoms with E-state index < -0.39 is 0 Å². The van der Waals surface area contributed by atoms with Crippen LogP contribution in [-0.2, 0) is 11.2 Å². The summed E-state index contributed by atoms with van der Waals surface area (Å²) in [5, 5.41) is 0.969. The van der Waals surface area contributed by atoms with E-state index in [0.29, 0.717) is 12.2 Å². The van der Waals surface area contributed by atoms with Gasteiger partial charge in [0, 0.05) is 11.6 Å². The molecule has 21 heavy (non-hydrogen) atoms. The van der Waals surface area contributed by atoms with Crippen molar-refractivity contribution in [1.82, 2.24) is 9.88 Å². The van der Waals surface area contributed by atoms with Gasteiger partial charge in [0.2, 0.25) is 0 Å². The van der Waals surface area contributed by atoms with E-state index in [1.54, 1.807) is 13.1 Å². The van der Waals surface area contributed by atoms with Crippen LogP contribution < -0.4 is 0 Å². The molecule has 112 valence electrons. The molecule has 0 N–H and O–H groups in total. The minimum Gasteiger partial charge on any atom is -0.462 e. The van der Waals surface area contributed by atoms with Crippen LogP contribution in [0.4, 0.5) is 0 Å². The first kappa shape index (κ1) is 15.4. The molecular weight excluding hydrogens is 264 g/mol. The second-order valence-corrected chi connectivity index (χ2v) is 5.38. The number of esters is 1. The zero-order valence-electron chi connectivity index (χ0n) is 12.9. The van der Waals surface area contributed by atoms with Gasteiger partial charge in [0.25, 0.3) is 0 Å². The largest absolute Gasteiger partial charge is 0.462 e. The Morgan fingerprint density at radius 3 is 2.81 bits per heavy atom. The molecule has 0 amide bonds. The molecule has 0 radical (unpaired) electrons. The van der Waals surface area contributed by atoms with E-state index in [1.165, 1.54) is 5.56 Å². The molecule has 4 heteroatoms. The zero-order valence-corrected chi connectivity index (χ0v) is 12.9. The van der Waals surface area contributed by atoms with Crippen LogP contribution in [0.25, 0.3) is 10.9 Å². The molecular formula is C17H22N2O2. The van der Waals surface area contributed by atoms with Gasteiger partial charge in [-0.05, 0) is 58.1 Å². The molecule has 2 aromatic rings. The standard InChI is InChI=1S/C17H22N2O2/c1-4-21-17(20)15-11-14-8-7-13(6-5-9-19(2)3)10-16(14)18-12-15/h7-8,10-12H,4-6,9H2,1-3H3. The van der Waals surface area contributed by atoms with E-state index in [1.807, 2.05) is 12.1 Å². The number of aryl methyl sites for hydroxylation is 1. The maximum absolute atomic E-state index is 11.7. The number of rotatable bonds is 6. The first-order valence-corrected chi connectivity index (χ1v) is 7.30. The molecule has 0 unspecified atom stereocenters. The highest BCUT2D eigenvalue weighted by atomic mass is 16.5. The quantitative estimate of drug-likeness (QED) is 0.766. The fraction of sp³-hybridized carbons (Fsp3) is 0.412. The van der Waals surface area contributed by atoms with Crippen molar-refractivity contribution >= 4 is 16.9 Å². The van der Waals surface area contributed by atoms with Gasteiger partial charge in [-0.25, -0.2) is 4.79 Å². The summed E-state index contributed by atoms with van der Waals surface area (Å²) >= 11 is 0. The number of hydrogen-bond acceptors (Lipinski definition) is 4. The average Bonchev–Trinajstić information content (AvgIpc) is 2.46. The zero-order chi connectivity index (χ0) is 15.2. The smallest absolute Gasteiger partial charge is 0.339 e. The summed E-state index contributed by atoms with van der Waals surface area (Å²) in [4.78, 5) is 18.3. The van der Waals surface area contributed by atoms with Gasteiger partial charge >= 0.3 is 5.97 Å².